The van der Waals surface area contributed by atoms with E-state index < -0.39 is 0 Å². The fourth-order valence-corrected chi connectivity index (χ4v) is 2.63. The van der Waals surface area contributed by atoms with Crippen LogP contribution in [0.3, 0.4) is 0 Å². The highest BCUT2D eigenvalue weighted by Gasteiger charge is 2.10. The molecule has 0 amide bonds. The highest BCUT2D eigenvalue weighted by atomic mass is 127. The Morgan fingerprint density at radius 3 is 2.09 bits per heavy atom. The van der Waals surface area contributed by atoms with Crippen LogP contribution in [0, 0.1) is 10.7 Å². The van der Waals surface area contributed by atoms with Gasteiger partial charge < -0.3 is 10.2 Å². The second kappa shape index (κ2) is 3.81. The highest BCUT2D eigenvalue weighted by molar-refractivity contribution is 14.1. The molecule has 0 fully saturated rings. The van der Waals surface area contributed by atoms with Crippen molar-refractivity contribution >= 4 is 67.8 Å². The van der Waals surface area contributed by atoms with Gasteiger partial charge in [0, 0.05) is 7.14 Å². The van der Waals surface area contributed by atoms with Crippen LogP contribution in [0.5, 0.6) is 11.5 Å². The Balaban J connectivity index is 3.46. The summed E-state index contributed by atoms with van der Waals surface area (Å²) in [5.41, 5.74) is 0. The number of rotatable bonds is 0. The van der Waals surface area contributed by atoms with Crippen LogP contribution in [-0.4, -0.2) is 10.2 Å². The molecule has 0 saturated carbocycles. The van der Waals surface area contributed by atoms with Crippen LogP contribution < -0.4 is 0 Å². The van der Waals surface area contributed by atoms with E-state index in [4.69, 9.17) is 5.11 Å². The molecule has 0 radical (unpaired) electrons. The van der Waals surface area contributed by atoms with Crippen molar-refractivity contribution < 1.29 is 10.2 Å². The Morgan fingerprint density at radius 1 is 1.00 bits per heavy atom. The second-order valence-electron chi connectivity index (χ2n) is 1.85. The summed E-state index contributed by atoms with van der Waals surface area (Å²) in [4.78, 5) is 0. The molecule has 11 heavy (non-hydrogen) atoms. The van der Waals surface area contributed by atoms with Crippen LogP contribution in [0.25, 0.3) is 0 Å². The minimum atomic E-state index is -0.0563. The summed E-state index contributed by atoms with van der Waals surface area (Å²) in [7, 11) is 0. The molecule has 0 spiro atoms. The molecular formula is C6H3I3O2. The number of phenolic OH excluding ortho intramolecular Hbond substituents is 2. The molecule has 0 heterocycles. The average molecular weight is 488 g/mol. The number of phenols is 2. The van der Waals surface area contributed by atoms with Crippen molar-refractivity contribution in [2.75, 3.05) is 0 Å². The van der Waals surface area contributed by atoms with E-state index in [2.05, 4.69) is 45.2 Å². The van der Waals surface area contributed by atoms with E-state index in [0.717, 1.165) is 7.14 Å². The van der Waals surface area contributed by atoms with E-state index in [1.54, 1.807) is 6.07 Å². The molecule has 0 aliphatic carbocycles. The van der Waals surface area contributed by atoms with Gasteiger partial charge in [0.05, 0.1) is 3.57 Å². The lowest BCUT2D eigenvalue weighted by Gasteiger charge is -2.04. The Kier molecular flexibility index (Phi) is 3.50. The first-order chi connectivity index (χ1) is 5.04. The first-order valence-electron chi connectivity index (χ1n) is 2.59. The molecule has 60 valence electrons. The van der Waals surface area contributed by atoms with Crippen LogP contribution in [0.4, 0.5) is 0 Å². The van der Waals surface area contributed by atoms with E-state index >= 15 is 0 Å². The number of halogens is 3. The van der Waals surface area contributed by atoms with Gasteiger partial charge in [-0.05, 0) is 73.8 Å². The van der Waals surface area contributed by atoms with Crippen molar-refractivity contribution in [2.45, 2.75) is 0 Å². The zero-order chi connectivity index (χ0) is 8.59. The summed E-state index contributed by atoms with van der Waals surface area (Å²) < 4.78 is 2.62. The van der Waals surface area contributed by atoms with Gasteiger partial charge >= 0.3 is 0 Å². The van der Waals surface area contributed by atoms with Gasteiger partial charge in [-0.25, -0.2) is 0 Å². The maximum atomic E-state index is 9.25. The van der Waals surface area contributed by atoms with Gasteiger partial charge in [-0.1, -0.05) is 0 Å². The van der Waals surface area contributed by atoms with Crippen molar-refractivity contribution in [3.05, 3.63) is 16.8 Å². The number of benzene rings is 1. The zero-order valence-electron chi connectivity index (χ0n) is 5.11. The molecule has 0 saturated heterocycles. The van der Waals surface area contributed by atoms with Gasteiger partial charge in [0.2, 0.25) is 0 Å². The van der Waals surface area contributed by atoms with Crippen LogP contribution in [0.15, 0.2) is 6.07 Å². The molecule has 0 aromatic heterocycles. The van der Waals surface area contributed by atoms with Crippen molar-refractivity contribution in [3.8, 4) is 11.5 Å². The maximum absolute atomic E-state index is 9.25. The molecule has 0 atom stereocenters. The molecule has 2 N–H and O–H groups in total. The normalized spacial score (nSPS) is 10.1. The average Bonchev–Trinajstić information content (AvgIpc) is 1.97. The zero-order valence-corrected chi connectivity index (χ0v) is 11.6. The van der Waals surface area contributed by atoms with Gasteiger partial charge in [0.1, 0.15) is 0 Å². The second-order valence-corrected chi connectivity index (χ2v) is 5.17. The van der Waals surface area contributed by atoms with Crippen LogP contribution >= 0.6 is 67.8 Å². The fraction of sp³-hybridized carbons (Fsp3) is 0. The standard InChI is InChI=1S/C6H3I3O2/c7-2-1-3(10)6(11)5(9)4(2)8/h1,10-11H. The molecule has 1 aromatic carbocycles. The minimum Gasteiger partial charge on any atom is -0.504 e. The third-order valence-corrected chi connectivity index (χ3v) is 6.20. The summed E-state index contributed by atoms with van der Waals surface area (Å²) >= 11 is 6.23. The maximum Gasteiger partial charge on any atom is 0.172 e. The largest absolute Gasteiger partial charge is 0.504 e. The monoisotopic (exact) mass is 488 g/mol. The third kappa shape index (κ3) is 2.02. The molecule has 1 aromatic rings. The molecule has 5 heteroatoms. The SMILES string of the molecule is Oc1cc(I)c(I)c(I)c1O. The van der Waals surface area contributed by atoms with Gasteiger partial charge in [-0.3, -0.25) is 0 Å². The van der Waals surface area contributed by atoms with Crippen molar-refractivity contribution in [2.24, 2.45) is 0 Å². The van der Waals surface area contributed by atoms with Gasteiger partial charge in [-0.15, -0.1) is 0 Å². The molecule has 0 aliphatic rings. The number of hydrogen-bond donors (Lipinski definition) is 2. The topological polar surface area (TPSA) is 40.5 Å². The first-order valence-corrected chi connectivity index (χ1v) is 5.83. The Labute approximate surface area is 105 Å². The van der Waals surface area contributed by atoms with Crippen LogP contribution in [-0.2, 0) is 0 Å². The highest BCUT2D eigenvalue weighted by Crippen LogP contribution is 2.36. The summed E-state index contributed by atoms with van der Waals surface area (Å²) in [5, 5.41) is 18.4. The third-order valence-electron chi connectivity index (χ3n) is 1.12. The molecule has 0 bridgehead atoms. The molecule has 0 aliphatic heterocycles. The van der Waals surface area contributed by atoms with E-state index in [0.29, 0.717) is 3.57 Å². The summed E-state index contributed by atoms with van der Waals surface area (Å²) in [6, 6.07) is 1.54. The molecular weight excluding hydrogens is 485 g/mol. The van der Waals surface area contributed by atoms with E-state index in [9.17, 15) is 5.11 Å². The Morgan fingerprint density at radius 2 is 1.55 bits per heavy atom. The lowest BCUT2D eigenvalue weighted by Crippen LogP contribution is -1.85. The quantitative estimate of drug-likeness (QED) is 0.336. The van der Waals surface area contributed by atoms with Crippen LogP contribution in [0.2, 0.25) is 0 Å². The van der Waals surface area contributed by atoms with E-state index in [1.807, 2.05) is 22.6 Å². The minimum absolute atomic E-state index is 0.0320. The Hall–Kier alpha value is 1.01. The van der Waals surface area contributed by atoms with Gasteiger partial charge in [-0.2, -0.15) is 0 Å². The molecule has 0 unspecified atom stereocenters. The number of aromatic hydroxyl groups is 2. The smallest absolute Gasteiger partial charge is 0.172 e. The van der Waals surface area contributed by atoms with Crippen molar-refractivity contribution in [1.29, 1.82) is 0 Å². The summed E-state index contributed by atoms with van der Waals surface area (Å²) in [6.45, 7) is 0. The number of hydrogen-bond acceptors (Lipinski definition) is 2. The Bertz CT molecular complexity index is 272. The van der Waals surface area contributed by atoms with E-state index in [1.165, 1.54) is 0 Å². The molecule has 2 nitrogen and oxygen atoms in total. The lowest BCUT2D eigenvalue weighted by molar-refractivity contribution is 0.400. The van der Waals surface area contributed by atoms with Crippen LogP contribution in [0.1, 0.15) is 0 Å². The predicted molar refractivity (Wildman–Crippen MR) is 67.9 cm³/mol. The van der Waals surface area contributed by atoms with Gasteiger partial charge in [0.15, 0.2) is 11.5 Å². The predicted octanol–water partition coefficient (Wildman–Crippen LogP) is 2.91. The van der Waals surface area contributed by atoms with Gasteiger partial charge in [0.25, 0.3) is 0 Å². The van der Waals surface area contributed by atoms with Crippen molar-refractivity contribution in [1.82, 2.24) is 0 Å². The summed E-state index contributed by atoms with van der Waals surface area (Å²) in [6.07, 6.45) is 0. The summed E-state index contributed by atoms with van der Waals surface area (Å²) in [5.74, 6) is -0.0883. The van der Waals surface area contributed by atoms with E-state index in [-0.39, 0.29) is 11.5 Å². The van der Waals surface area contributed by atoms with Crippen molar-refractivity contribution in [3.63, 3.8) is 0 Å². The molecule has 1 rings (SSSR count). The lowest BCUT2D eigenvalue weighted by atomic mass is 10.3. The fourth-order valence-electron chi connectivity index (χ4n) is 0.573. The first kappa shape index (κ1) is 10.1.